The van der Waals surface area contributed by atoms with Gasteiger partial charge in [-0.05, 0) is 42.3 Å². The van der Waals surface area contributed by atoms with E-state index < -0.39 is 24.4 Å². The molecule has 0 radical (unpaired) electrons. The van der Waals surface area contributed by atoms with Gasteiger partial charge in [0.1, 0.15) is 0 Å². The summed E-state index contributed by atoms with van der Waals surface area (Å²) in [6, 6.07) is 20.6. The summed E-state index contributed by atoms with van der Waals surface area (Å²) in [5.41, 5.74) is 2.45. The largest absolute Gasteiger partial charge is 0.452 e. The van der Waals surface area contributed by atoms with Crippen molar-refractivity contribution in [1.82, 2.24) is 5.32 Å². The maximum atomic E-state index is 12.5. The van der Waals surface area contributed by atoms with Gasteiger partial charge in [-0.1, -0.05) is 60.1 Å². The molecule has 0 unspecified atom stereocenters. The average molecular weight is 494 g/mol. The molecule has 0 saturated carbocycles. The van der Waals surface area contributed by atoms with Crippen molar-refractivity contribution in [3.8, 4) is 0 Å². The fourth-order valence-electron chi connectivity index (χ4n) is 3.12. The minimum Gasteiger partial charge on any atom is -0.452 e. The van der Waals surface area contributed by atoms with E-state index in [0.717, 1.165) is 5.56 Å². The molecule has 3 N–H and O–H groups in total. The van der Waals surface area contributed by atoms with E-state index in [0.29, 0.717) is 16.3 Å². The SMILES string of the molecule is Cc1c(Cl)cccc1NC(=O)CNC(=O)COC(=O)c1ccccc1NC(=O)Cc1ccccc1. The van der Waals surface area contributed by atoms with Gasteiger partial charge in [-0.15, -0.1) is 0 Å². The molecule has 0 aliphatic rings. The van der Waals surface area contributed by atoms with E-state index >= 15 is 0 Å². The molecule has 0 aliphatic heterocycles. The van der Waals surface area contributed by atoms with Crippen LogP contribution in [0.1, 0.15) is 21.5 Å². The average Bonchev–Trinajstić information content (AvgIpc) is 2.85. The molecule has 35 heavy (non-hydrogen) atoms. The van der Waals surface area contributed by atoms with Crippen LogP contribution in [0.3, 0.4) is 0 Å². The topological polar surface area (TPSA) is 114 Å². The molecule has 0 heterocycles. The Labute approximate surface area is 207 Å². The van der Waals surface area contributed by atoms with Gasteiger partial charge < -0.3 is 20.7 Å². The zero-order valence-corrected chi connectivity index (χ0v) is 19.7. The minimum absolute atomic E-state index is 0.107. The number of halogens is 1. The Bertz CT molecular complexity index is 1230. The summed E-state index contributed by atoms with van der Waals surface area (Å²) in [6.07, 6.45) is 0.142. The third kappa shape index (κ3) is 7.68. The van der Waals surface area contributed by atoms with Crippen molar-refractivity contribution >= 4 is 46.7 Å². The van der Waals surface area contributed by atoms with Crippen molar-refractivity contribution < 1.29 is 23.9 Å². The Morgan fingerprint density at radius 3 is 2.20 bits per heavy atom. The molecule has 8 nitrogen and oxygen atoms in total. The predicted molar refractivity (Wildman–Crippen MR) is 133 cm³/mol. The Balaban J connectivity index is 1.48. The molecule has 0 bridgehead atoms. The van der Waals surface area contributed by atoms with Gasteiger partial charge in [0.2, 0.25) is 11.8 Å². The lowest BCUT2D eigenvalue weighted by Crippen LogP contribution is -2.35. The molecule has 3 aromatic carbocycles. The van der Waals surface area contributed by atoms with Crippen molar-refractivity contribution in [2.75, 3.05) is 23.8 Å². The van der Waals surface area contributed by atoms with Crippen molar-refractivity contribution in [3.63, 3.8) is 0 Å². The van der Waals surface area contributed by atoms with Crippen LogP contribution in [0.5, 0.6) is 0 Å². The van der Waals surface area contributed by atoms with Crippen LogP contribution in [0.15, 0.2) is 72.8 Å². The van der Waals surface area contributed by atoms with Gasteiger partial charge in [-0.25, -0.2) is 4.79 Å². The zero-order valence-electron chi connectivity index (χ0n) is 19.0. The van der Waals surface area contributed by atoms with E-state index in [1.54, 1.807) is 43.3 Å². The van der Waals surface area contributed by atoms with E-state index in [9.17, 15) is 19.2 Å². The first-order valence-corrected chi connectivity index (χ1v) is 11.1. The van der Waals surface area contributed by atoms with Crippen LogP contribution in [-0.2, 0) is 25.5 Å². The lowest BCUT2D eigenvalue weighted by Gasteiger charge is -2.12. The summed E-state index contributed by atoms with van der Waals surface area (Å²) in [4.78, 5) is 49.0. The summed E-state index contributed by atoms with van der Waals surface area (Å²) in [6.45, 7) is 0.862. The molecule has 9 heteroatoms. The summed E-state index contributed by atoms with van der Waals surface area (Å²) < 4.78 is 5.06. The Hall–Kier alpha value is -4.17. The molecule has 0 spiro atoms. The highest BCUT2D eigenvalue weighted by molar-refractivity contribution is 6.31. The molecule has 3 amide bonds. The van der Waals surface area contributed by atoms with Crippen LogP contribution in [0, 0.1) is 6.92 Å². The monoisotopic (exact) mass is 493 g/mol. The van der Waals surface area contributed by atoms with Gasteiger partial charge in [-0.3, -0.25) is 14.4 Å². The number of nitrogens with one attached hydrogen (secondary N) is 3. The first kappa shape index (κ1) is 25.5. The quantitative estimate of drug-likeness (QED) is 0.393. The smallest absolute Gasteiger partial charge is 0.340 e. The predicted octanol–water partition coefficient (Wildman–Crippen LogP) is 3.74. The summed E-state index contributed by atoms with van der Waals surface area (Å²) >= 11 is 6.03. The van der Waals surface area contributed by atoms with Crippen molar-refractivity contribution in [2.45, 2.75) is 13.3 Å². The highest BCUT2D eigenvalue weighted by atomic mass is 35.5. The summed E-state index contributed by atoms with van der Waals surface area (Å²) in [7, 11) is 0. The lowest BCUT2D eigenvalue weighted by atomic mass is 10.1. The third-order valence-electron chi connectivity index (χ3n) is 4.95. The second kappa shape index (κ2) is 12.3. The van der Waals surface area contributed by atoms with Crippen LogP contribution in [0.4, 0.5) is 11.4 Å². The Kier molecular flexibility index (Phi) is 8.97. The first-order valence-electron chi connectivity index (χ1n) is 10.7. The van der Waals surface area contributed by atoms with Gasteiger partial charge in [0, 0.05) is 10.7 Å². The van der Waals surface area contributed by atoms with Crippen LogP contribution < -0.4 is 16.0 Å². The number of carbonyl (C=O) groups excluding carboxylic acids is 4. The van der Waals surface area contributed by atoms with Gasteiger partial charge >= 0.3 is 5.97 Å². The van der Waals surface area contributed by atoms with Crippen molar-refractivity contribution in [1.29, 1.82) is 0 Å². The minimum atomic E-state index is -0.783. The number of ether oxygens (including phenoxy) is 1. The van der Waals surface area contributed by atoms with Crippen LogP contribution >= 0.6 is 11.6 Å². The van der Waals surface area contributed by atoms with Gasteiger partial charge in [0.15, 0.2) is 6.61 Å². The summed E-state index contributed by atoms with van der Waals surface area (Å²) in [5.74, 6) is -2.19. The molecule has 3 rings (SSSR count). The Morgan fingerprint density at radius 2 is 1.43 bits per heavy atom. The summed E-state index contributed by atoms with van der Waals surface area (Å²) in [5, 5.41) is 8.25. The highest BCUT2D eigenvalue weighted by Gasteiger charge is 2.16. The maximum Gasteiger partial charge on any atom is 0.340 e. The van der Waals surface area contributed by atoms with Crippen LogP contribution in [-0.4, -0.2) is 36.8 Å². The fourth-order valence-corrected chi connectivity index (χ4v) is 3.30. The molecule has 0 fully saturated rings. The zero-order chi connectivity index (χ0) is 25.2. The van der Waals surface area contributed by atoms with Gasteiger partial charge in [0.05, 0.1) is 24.2 Å². The van der Waals surface area contributed by atoms with Gasteiger partial charge in [-0.2, -0.15) is 0 Å². The molecule has 0 aliphatic carbocycles. The van der Waals surface area contributed by atoms with E-state index in [1.807, 2.05) is 30.3 Å². The Morgan fingerprint density at radius 1 is 0.771 bits per heavy atom. The second-order valence-corrected chi connectivity index (χ2v) is 7.98. The number of hydrogen-bond acceptors (Lipinski definition) is 5. The van der Waals surface area contributed by atoms with E-state index in [2.05, 4.69) is 16.0 Å². The lowest BCUT2D eigenvalue weighted by molar-refractivity contribution is -0.126. The highest BCUT2D eigenvalue weighted by Crippen LogP contribution is 2.22. The normalized spacial score (nSPS) is 10.2. The molecular formula is C26H24ClN3O5. The second-order valence-electron chi connectivity index (χ2n) is 7.57. The molecule has 0 atom stereocenters. The van der Waals surface area contributed by atoms with Crippen molar-refractivity contribution in [3.05, 3.63) is 94.5 Å². The maximum absolute atomic E-state index is 12.5. The number of para-hydroxylation sites is 1. The van der Waals surface area contributed by atoms with Crippen LogP contribution in [0.2, 0.25) is 5.02 Å². The molecule has 0 aromatic heterocycles. The van der Waals surface area contributed by atoms with E-state index in [4.69, 9.17) is 16.3 Å². The molecular weight excluding hydrogens is 470 g/mol. The number of benzene rings is 3. The number of esters is 1. The number of hydrogen-bond donors (Lipinski definition) is 3. The molecule has 3 aromatic rings. The fraction of sp³-hybridized carbons (Fsp3) is 0.154. The third-order valence-corrected chi connectivity index (χ3v) is 5.36. The molecule has 180 valence electrons. The van der Waals surface area contributed by atoms with E-state index in [1.165, 1.54) is 6.07 Å². The van der Waals surface area contributed by atoms with Gasteiger partial charge in [0.25, 0.3) is 5.91 Å². The first-order chi connectivity index (χ1) is 16.8. The number of rotatable bonds is 9. The number of amides is 3. The van der Waals surface area contributed by atoms with Crippen LogP contribution in [0.25, 0.3) is 0 Å². The van der Waals surface area contributed by atoms with E-state index in [-0.39, 0.29) is 30.1 Å². The standard InChI is InChI=1S/C26H24ClN3O5/c1-17-20(27)11-7-13-21(17)29-24(32)15-28-25(33)16-35-26(34)19-10-5-6-12-22(19)30-23(31)14-18-8-3-2-4-9-18/h2-13H,14-16H2,1H3,(H,28,33)(H,29,32)(H,30,31). The molecule has 0 saturated heterocycles. The van der Waals surface area contributed by atoms with Crippen molar-refractivity contribution in [2.24, 2.45) is 0 Å². The number of anilines is 2. The number of carbonyl (C=O) groups is 4.